The van der Waals surface area contributed by atoms with Crippen LogP contribution in [0.2, 0.25) is 0 Å². The molecule has 0 aromatic heterocycles. The van der Waals surface area contributed by atoms with Gasteiger partial charge in [0.25, 0.3) is 0 Å². The third-order valence-electron chi connectivity index (χ3n) is 2.12. The Balaban J connectivity index is 2.82. The minimum Gasteiger partial charge on any atom is -0.492 e. The predicted octanol–water partition coefficient (Wildman–Crippen LogP) is 2.45. The van der Waals surface area contributed by atoms with Gasteiger partial charge < -0.3 is 9.84 Å². The summed E-state index contributed by atoms with van der Waals surface area (Å²) in [5, 5.41) is 9.57. The summed E-state index contributed by atoms with van der Waals surface area (Å²) in [6, 6.07) is 5.75. The molecule has 80 valence electrons. The van der Waals surface area contributed by atoms with E-state index in [1.165, 1.54) is 0 Å². The van der Waals surface area contributed by atoms with Crippen molar-refractivity contribution >= 4 is 0 Å². The lowest BCUT2D eigenvalue weighted by atomic mass is 10.1. The molecule has 0 saturated heterocycles. The molecular weight excluding hydrogens is 188 g/mol. The minimum absolute atomic E-state index is 0.485. The number of ether oxygens (including phenoxy) is 1. The lowest BCUT2D eigenvalue weighted by Gasteiger charge is -2.13. The van der Waals surface area contributed by atoms with Crippen LogP contribution in [0.15, 0.2) is 18.2 Å². The SMILES string of the molecule is C#CCCOc1ccc(C)cc1[C@H](C)O. The number of rotatable bonds is 4. The Morgan fingerprint density at radius 3 is 2.87 bits per heavy atom. The minimum atomic E-state index is -0.522. The molecular formula is C13H16O2. The molecule has 15 heavy (non-hydrogen) atoms. The highest BCUT2D eigenvalue weighted by molar-refractivity contribution is 5.38. The van der Waals surface area contributed by atoms with Gasteiger partial charge in [-0.3, -0.25) is 0 Å². The van der Waals surface area contributed by atoms with E-state index in [0.29, 0.717) is 18.8 Å². The molecule has 2 heteroatoms. The zero-order valence-electron chi connectivity index (χ0n) is 9.16. The van der Waals surface area contributed by atoms with E-state index in [9.17, 15) is 5.11 Å². The van der Waals surface area contributed by atoms with E-state index < -0.39 is 6.10 Å². The molecule has 1 rings (SSSR count). The van der Waals surface area contributed by atoms with Gasteiger partial charge in [0.2, 0.25) is 0 Å². The number of hydrogen-bond acceptors (Lipinski definition) is 2. The second-order valence-electron chi connectivity index (χ2n) is 3.52. The smallest absolute Gasteiger partial charge is 0.125 e. The first-order valence-corrected chi connectivity index (χ1v) is 5.00. The van der Waals surface area contributed by atoms with Crippen LogP contribution in [0.25, 0.3) is 0 Å². The van der Waals surface area contributed by atoms with Crippen LogP contribution in [-0.2, 0) is 0 Å². The van der Waals surface area contributed by atoms with E-state index in [0.717, 1.165) is 11.1 Å². The Kier molecular flexibility index (Phi) is 4.20. The van der Waals surface area contributed by atoms with Gasteiger partial charge >= 0.3 is 0 Å². The van der Waals surface area contributed by atoms with Gasteiger partial charge in [-0.05, 0) is 26.0 Å². The van der Waals surface area contributed by atoms with Gasteiger partial charge in [-0.2, -0.15) is 0 Å². The van der Waals surface area contributed by atoms with Gasteiger partial charge in [-0.15, -0.1) is 12.3 Å². The average molecular weight is 204 g/mol. The van der Waals surface area contributed by atoms with E-state index in [-0.39, 0.29) is 0 Å². The summed E-state index contributed by atoms with van der Waals surface area (Å²) in [4.78, 5) is 0. The molecule has 0 heterocycles. The first-order valence-electron chi connectivity index (χ1n) is 5.00. The maximum Gasteiger partial charge on any atom is 0.125 e. The van der Waals surface area contributed by atoms with Gasteiger partial charge in [0.1, 0.15) is 5.75 Å². The number of benzene rings is 1. The van der Waals surface area contributed by atoms with E-state index in [4.69, 9.17) is 11.2 Å². The summed E-state index contributed by atoms with van der Waals surface area (Å²) >= 11 is 0. The molecule has 1 aromatic rings. The second kappa shape index (κ2) is 5.43. The summed E-state index contributed by atoms with van der Waals surface area (Å²) in [6.45, 7) is 4.19. The van der Waals surface area contributed by atoms with Crippen molar-refractivity contribution in [1.29, 1.82) is 0 Å². The summed E-state index contributed by atoms with van der Waals surface area (Å²) in [5.74, 6) is 3.22. The fourth-order valence-electron chi connectivity index (χ4n) is 1.35. The van der Waals surface area contributed by atoms with Crippen LogP contribution in [0.5, 0.6) is 5.75 Å². The van der Waals surface area contributed by atoms with Crippen LogP contribution in [0.4, 0.5) is 0 Å². The van der Waals surface area contributed by atoms with E-state index in [1.807, 2.05) is 25.1 Å². The van der Waals surface area contributed by atoms with Crippen molar-refractivity contribution in [1.82, 2.24) is 0 Å². The van der Waals surface area contributed by atoms with Crippen molar-refractivity contribution in [2.24, 2.45) is 0 Å². The first kappa shape index (κ1) is 11.6. The van der Waals surface area contributed by atoms with E-state index in [1.54, 1.807) is 6.92 Å². The van der Waals surface area contributed by atoms with Crippen molar-refractivity contribution in [2.45, 2.75) is 26.4 Å². The summed E-state index contributed by atoms with van der Waals surface area (Å²) < 4.78 is 5.49. The quantitative estimate of drug-likeness (QED) is 0.603. The Bertz CT molecular complexity index is 361. The molecule has 0 aliphatic heterocycles. The predicted molar refractivity (Wildman–Crippen MR) is 60.8 cm³/mol. The van der Waals surface area contributed by atoms with Crippen molar-refractivity contribution in [3.05, 3.63) is 29.3 Å². The molecule has 0 aliphatic rings. The third-order valence-corrected chi connectivity index (χ3v) is 2.12. The fourth-order valence-corrected chi connectivity index (χ4v) is 1.35. The molecule has 0 unspecified atom stereocenters. The largest absolute Gasteiger partial charge is 0.492 e. The normalized spacial score (nSPS) is 11.9. The van der Waals surface area contributed by atoms with Crippen LogP contribution < -0.4 is 4.74 Å². The molecule has 0 radical (unpaired) electrons. The van der Waals surface area contributed by atoms with Crippen LogP contribution in [0, 0.1) is 19.3 Å². The highest BCUT2D eigenvalue weighted by Gasteiger charge is 2.08. The molecule has 0 fully saturated rings. The second-order valence-corrected chi connectivity index (χ2v) is 3.52. The van der Waals surface area contributed by atoms with Gasteiger partial charge in [-0.1, -0.05) is 11.6 Å². The van der Waals surface area contributed by atoms with Crippen molar-refractivity contribution in [3.63, 3.8) is 0 Å². The highest BCUT2D eigenvalue weighted by atomic mass is 16.5. The van der Waals surface area contributed by atoms with Crippen LogP contribution in [0.3, 0.4) is 0 Å². The van der Waals surface area contributed by atoms with Crippen molar-refractivity contribution in [2.75, 3.05) is 6.61 Å². The van der Waals surface area contributed by atoms with E-state index >= 15 is 0 Å². The van der Waals surface area contributed by atoms with E-state index in [2.05, 4.69) is 5.92 Å². The average Bonchev–Trinajstić information content (AvgIpc) is 2.20. The summed E-state index contributed by atoms with van der Waals surface area (Å²) in [5.41, 5.74) is 1.92. The van der Waals surface area contributed by atoms with Gasteiger partial charge in [0.15, 0.2) is 0 Å². The molecule has 1 aromatic carbocycles. The van der Waals surface area contributed by atoms with Crippen molar-refractivity contribution in [3.8, 4) is 18.1 Å². The Morgan fingerprint density at radius 2 is 2.27 bits per heavy atom. The fraction of sp³-hybridized carbons (Fsp3) is 0.385. The molecule has 0 amide bonds. The lowest BCUT2D eigenvalue weighted by Crippen LogP contribution is -2.02. The molecule has 1 N–H and O–H groups in total. The number of hydrogen-bond donors (Lipinski definition) is 1. The molecule has 0 spiro atoms. The van der Waals surface area contributed by atoms with Gasteiger partial charge in [0, 0.05) is 12.0 Å². The zero-order chi connectivity index (χ0) is 11.3. The van der Waals surface area contributed by atoms with Crippen LogP contribution in [-0.4, -0.2) is 11.7 Å². The summed E-state index contributed by atoms with van der Waals surface area (Å²) in [6.07, 6.45) is 5.19. The number of aliphatic hydroxyl groups is 1. The van der Waals surface area contributed by atoms with Gasteiger partial charge in [0.05, 0.1) is 12.7 Å². The van der Waals surface area contributed by atoms with Crippen molar-refractivity contribution < 1.29 is 9.84 Å². The topological polar surface area (TPSA) is 29.5 Å². The number of terminal acetylenes is 1. The van der Waals surface area contributed by atoms with Gasteiger partial charge in [-0.25, -0.2) is 0 Å². The molecule has 0 aliphatic carbocycles. The number of aliphatic hydroxyl groups excluding tert-OH is 1. The Labute approximate surface area is 90.9 Å². The lowest BCUT2D eigenvalue weighted by molar-refractivity contribution is 0.191. The first-order chi connectivity index (χ1) is 7.15. The standard InChI is InChI=1S/C13H16O2/c1-4-5-8-15-13-7-6-10(2)9-12(13)11(3)14/h1,6-7,9,11,14H,5,8H2,2-3H3/t11-/m0/s1. The molecule has 0 bridgehead atoms. The highest BCUT2D eigenvalue weighted by Crippen LogP contribution is 2.26. The van der Waals surface area contributed by atoms with Crippen LogP contribution in [0.1, 0.15) is 30.6 Å². The zero-order valence-corrected chi connectivity index (χ0v) is 9.16. The summed E-state index contributed by atoms with van der Waals surface area (Å²) in [7, 11) is 0. The number of aryl methyl sites for hydroxylation is 1. The maximum atomic E-state index is 9.57. The molecule has 0 saturated carbocycles. The molecule has 2 nitrogen and oxygen atoms in total. The Hall–Kier alpha value is -1.46. The Morgan fingerprint density at radius 1 is 1.53 bits per heavy atom. The van der Waals surface area contributed by atoms with Crippen LogP contribution >= 0.6 is 0 Å². The molecule has 1 atom stereocenters. The maximum absolute atomic E-state index is 9.57. The third kappa shape index (κ3) is 3.30. The monoisotopic (exact) mass is 204 g/mol.